The van der Waals surface area contributed by atoms with Crippen LogP contribution in [-0.2, 0) is 12.8 Å². The molecule has 1 heterocycles. The van der Waals surface area contributed by atoms with Gasteiger partial charge in [0, 0.05) is 29.7 Å². The number of pyridine rings is 1. The predicted molar refractivity (Wildman–Crippen MR) is 107 cm³/mol. The summed E-state index contributed by atoms with van der Waals surface area (Å²) in [6.45, 7) is 0. The molecule has 5 heteroatoms. The van der Waals surface area contributed by atoms with Gasteiger partial charge in [-0.1, -0.05) is 42.5 Å². The molecule has 3 N–H and O–H groups in total. The molecule has 1 unspecified atom stereocenters. The molecule has 2 amide bonds. The van der Waals surface area contributed by atoms with E-state index in [0.29, 0.717) is 18.5 Å². The van der Waals surface area contributed by atoms with Crippen LogP contribution in [0, 0.1) is 0 Å². The largest absolute Gasteiger partial charge is 0.393 e. The number of carbonyl (C=O) groups excluding carboxylic acids is 1. The third-order valence-corrected chi connectivity index (χ3v) is 4.77. The van der Waals surface area contributed by atoms with E-state index in [9.17, 15) is 9.90 Å². The number of nitrogens with one attached hydrogen (secondary N) is 2. The van der Waals surface area contributed by atoms with Gasteiger partial charge in [-0.3, -0.25) is 4.98 Å². The first-order valence-corrected chi connectivity index (χ1v) is 9.07. The Kier molecular flexibility index (Phi) is 4.85. The first kappa shape index (κ1) is 17.2. The van der Waals surface area contributed by atoms with E-state index in [1.165, 1.54) is 0 Å². The lowest BCUT2D eigenvalue weighted by atomic mass is 9.92. The van der Waals surface area contributed by atoms with E-state index < -0.39 is 0 Å². The van der Waals surface area contributed by atoms with E-state index in [0.717, 1.165) is 34.5 Å². The molecule has 0 saturated carbocycles. The minimum atomic E-state index is -0.382. The lowest BCUT2D eigenvalue weighted by molar-refractivity contribution is 0.158. The standard InChI is InChI=1S/C22H21N3O2/c26-18-9-10-20-19(14-18)21(11-12-23-20)25-22(27)24-17-8-4-7-16(13-17)15-5-2-1-3-6-15/h1-8,11-13,18,26H,9-10,14H2,(H2,23,24,25,27). The van der Waals surface area contributed by atoms with Crippen LogP contribution in [-0.4, -0.2) is 22.2 Å². The zero-order chi connectivity index (χ0) is 18.6. The van der Waals surface area contributed by atoms with E-state index >= 15 is 0 Å². The third-order valence-electron chi connectivity index (χ3n) is 4.77. The Morgan fingerprint density at radius 3 is 2.67 bits per heavy atom. The number of aryl methyl sites for hydroxylation is 1. The van der Waals surface area contributed by atoms with Crippen molar-refractivity contribution in [3.05, 3.63) is 78.1 Å². The molecule has 1 aliphatic rings. The average Bonchev–Trinajstić information content (AvgIpc) is 2.69. The van der Waals surface area contributed by atoms with Gasteiger partial charge in [-0.05, 0) is 47.7 Å². The molecule has 0 bridgehead atoms. The number of hydrogen-bond donors (Lipinski definition) is 3. The number of aliphatic hydroxyl groups is 1. The van der Waals surface area contributed by atoms with E-state index in [2.05, 4.69) is 15.6 Å². The van der Waals surface area contributed by atoms with Crippen LogP contribution in [0.4, 0.5) is 16.2 Å². The van der Waals surface area contributed by atoms with Gasteiger partial charge in [0.25, 0.3) is 0 Å². The number of hydrogen-bond acceptors (Lipinski definition) is 3. The van der Waals surface area contributed by atoms with Gasteiger partial charge in [-0.25, -0.2) is 4.79 Å². The molecule has 136 valence electrons. The van der Waals surface area contributed by atoms with Gasteiger partial charge < -0.3 is 15.7 Å². The maximum atomic E-state index is 12.5. The number of amides is 2. The van der Waals surface area contributed by atoms with Gasteiger partial charge in [0.05, 0.1) is 6.10 Å². The molecule has 1 aromatic heterocycles. The zero-order valence-electron chi connectivity index (χ0n) is 14.9. The molecule has 0 spiro atoms. The predicted octanol–water partition coefficient (Wildman–Crippen LogP) is 4.24. The van der Waals surface area contributed by atoms with E-state index in [-0.39, 0.29) is 12.1 Å². The van der Waals surface area contributed by atoms with Crippen LogP contribution in [0.2, 0.25) is 0 Å². The van der Waals surface area contributed by atoms with E-state index in [4.69, 9.17) is 0 Å². The van der Waals surface area contributed by atoms with Gasteiger partial charge in [0.1, 0.15) is 0 Å². The quantitative estimate of drug-likeness (QED) is 0.655. The lowest BCUT2D eigenvalue weighted by Crippen LogP contribution is -2.24. The highest BCUT2D eigenvalue weighted by Crippen LogP contribution is 2.27. The fourth-order valence-electron chi connectivity index (χ4n) is 3.43. The number of carbonyl (C=O) groups is 1. The molecule has 2 aromatic carbocycles. The van der Waals surface area contributed by atoms with Crippen molar-refractivity contribution in [3.8, 4) is 11.1 Å². The molecule has 0 radical (unpaired) electrons. The van der Waals surface area contributed by atoms with Crippen molar-refractivity contribution in [2.45, 2.75) is 25.4 Å². The van der Waals surface area contributed by atoms with Crippen molar-refractivity contribution < 1.29 is 9.90 Å². The molecule has 3 aromatic rings. The lowest BCUT2D eigenvalue weighted by Gasteiger charge is -2.22. The number of aliphatic hydroxyl groups excluding tert-OH is 1. The molecule has 4 rings (SSSR count). The first-order chi connectivity index (χ1) is 13.2. The van der Waals surface area contributed by atoms with Crippen LogP contribution >= 0.6 is 0 Å². The number of aromatic nitrogens is 1. The Hall–Kier alpha value is -3.18. The summed E-state index contributed by atoms with van der Waals surface area (Å²) in [6.07, 6.45) is 3.27. The second kappa shape index (κ2) is 7.60. The molecular weight excluding hydrogens is 338 g/mol. The topological polar surface area (TPSA) is 74.2 Å². The van der Waals surface area contributed by atoms with Crippen molar-refractivity contribution in [3.63, 3.8) is 0 Å². The maximum Gasteiger partial charge on any atom is 0.323 e. The SMILES string of the molecule is O=C(Nc1cccc(-c2ccccc2)c1)Nc1ccnc2c1CC(O)CC2. The van der Waals surface area contributed by atoms with Crippen molar-refractivity contribution >= 4 is 17.4 Å². The number of rotatable bonds is 3. The average molecular weight is 359 g/mol. The number of anilines is 2. The summed E-state index contributed by atoms with van der Waals surface area (Å²) in [5, 5.41) is 15.7. The second-order valence-corrected chi connectivity index (χ2v) is 6.71. The number of fused-ring (bicyclic) bond motifs is 1. The highest BCUT2D eigenvalue weighted by Gasteiger charge is 2.21. The van der Waals surface area contributed by atoms with Crippen LogP contribution in [0.5, 0.6) is 0 Å². The zero-order valence-corrected chi connectivity index (χ0v) is 14.9. The Morgan fingerprint density at radius 1 is 1.00 bits per heavy atom. The second-order valence-electron chi connectivity index (χ2n) is 6.71. The first-order valence-electron chi connectivity index (χ1n) is 9.07. The molecule has 1 aliphatic carbocycles. The van der Waals surface area contributed by atoms with Gasteiger partial charge in [-0.15, -0.1) is 0 Å². The summed E-state index contributed by atoms with van der Waals surface area (Å²) in [6, 6.07) is 19.2. The smallest absolute Gasteiger partial charge is 0.323 e. The summed E-state index contributed by atoms with van der Waals surface area (Å²) in [5.41, 5.74) is 5.43. The Balaban J connectivity index is 1.50. The van der Waals surface area contributed by atoms with Gasteiger partial charge in [0.2, 0.25) is 0 Å². The highest BCUT2D eigenvalue weighted by molar-refractivity contribution is 6.00. The van der Waals surface area contributed by atoms with E-state index in [1.807, 2.05) is 54.6 Å². The van der Waals surface area contributed by atoms with E-state index in [1.54, 1.807) is 12.3 Å². The van der Waals surface area contributed by atoms with Crippen LogP contribution < -0.4 is 10.6 Å². The minimum absolute atomic E-state index is 0.311. The summed E-state index contributed by atoms with van der Waals surface area (Å²) in [4.78, 5) is 16.9. The third kappa shape index (κ3) is 3.99. The minimum Gasteiger partial charge on any atom is -0.393 e. The molecule has 5 nitrogen and oxygen atoms in total. The molecule has 0 aliphatic heterocycles. The number of urea groups is 1. The Bertz CT molecular complexity index is 957. The van der Waals surface area contributed by atoms with Crippen molar-refractivity contribution in [2.24, 2.45) is 0 Å². The van der Waals surface area contributed by atoms with Crippen LogP contribution in [0.1, 0.15) is 17.7 Å². The maximum absolute atomic E-state index is 12.5. The van der Waals surface area contributed by atoms with Crippen LogP contribution in [0.3, 0.4) is 0 Å². The Morgan fingerprint density at radius 2 is 1.81 bits per heavy atom. The van der Waals surface area contributed by atoms with Crippen LogP contribution in [0.25, 0.3) is 11.1 Å². The summed E-state index contributed by atoms with van der Waals surface area (Å²) in [5.74, 6) is 0. The van der Waals surface area contributed by atoms with Gasteiger partial charge >= 0.3 is 6.03 Å². The normalized spacial score (nSPS) is 15.7. The summed E-state index contributed by atoms with van der Waals surface area (Å²) in [7, 11) is 0. The Labute approximate surface area is 158 Å². The molecule has 1 atom stereocenters. The summed E-state index contributed by atoms with van der Waals surface area (Å²) < 4.78 is 0. The molecule has 0 saturated heterocycles. The molecule has 27 heavy (non-hydrogen) atoms. The fourth-order valence-corrected chi connectivity index (χ4v) is 3.43. The van der Waals surface area contributed by atoms with Crippen molar-refractivity contribution in [1.29, 1.82) is 0 Å². The molecule has 0 fully saturated rings. The van der Waals surface area contributed by atoms with Gasteiger partial charge in [-0.2, -0.15) is 0 Å². The summed E-state index contributed by atoms with van der Waals surface area (Å²) >= 11 is 0. The van der Waals surface area contributed by atoms with Crippen molar-refractivity contribution in [1.82, 2.24) is 4.98 Å². The highest BCUT2D eigenvalue weighted by atomic mass is 16.3. The number of benzene rings is 2. The van der Waals surface area contributed by atoms with Gasteiger partial charge in [0.15, 0.2) is 0 Å². The van der Waals surface area contributed by atoms with Crippen molar-refractivity contribution in [2.75, 3.05) is 10.6 Å². The monoisotopic (exact) mass is 359 g/mol. The molecular formula is C22H21N3O2. The number of nitrogens with zero attached hydrogens (tertiary/aromatic N) is 1. The van der Waals surface area contributed by atoms with Crippen LogP contribution in [0.15, 0.2) is 66.9 Å². The fraction of sp³-hybridized carbons (Fsp3) is 0.182.